The van der Waals surface area contributed by atoms with Gasteiger partial charge in [0.1, 0.15) is 0 Å². The zero-order valence-corrected chi connectivity index (χ0v) is 17.4. The summed E-state index contributed by atoms with van der Waals surface area (Å²) < 4.78 is 10.5. The number of rotatable bonds is 5. The van der Waals surface area contributed by atoms with Crippen LogP contribution in [0.25, 0.3) is 0 Å². The van der Waals surface area contributed by atoms with E-state index in [-0.39, 0.29) is 0 Å². The van der Waals surface area contributed by atoms with Crippen LogP contribution in [0, 0.1) is 11.8 Å². The molecule has 1 aliphatic heterocycles. The van der Waals surface area contributed by atoms with Crippen molar-refractivity contribution in [1.29, 1.82) is 0 Å². The second-order valence-corrected chi connectivity index (χ2v) is 15.8. The Balaban J connectivity index is 1.94. The maximum absolute atomic E-state index is 5.85. The number of hydrogen-bond donors (Lipinski definition) is 0. The van der Waals surface area contributed by atoms with Crippen molar-refractivity contribution >= 4 is 26.5 Å². The van der Waals surface area contributed by atoms with E-state index in [1.807, 2.05) is 0 Å². The minimum absolute atomic E-state index is 0.635. The van der Waals surface area contributed by atoms with Crippen LogP contribution in [0.3, 0.4) is 0 Å². The van der Waals surface area contributed by atoms with E-state index in [0.717, 1.165) is 13.2 Å². The Morgan fingerprint density at radius 3 is 1.46 bits per heavy atom. The summed E-state index contributed by atoms with van der Waals surface area (Å²) >= 11 is -2.79. The average molecular weight is 403 g/mol. The molecule has 0 unspecified atom stereocenters. The van der Waals surface area contributed by atoms with E-state index in [1.54, 1.807) is 13.2 Å². The molecule has 0 aliphatic carbocycles. The van der Waals surface area contributed by atoms with Gasteiger partial charge < -0.3 is 0 Å². The third-order valence-electron chi connectivity index (χ3n) is 5.89. The van der Waals surface area contributed by atoms with Gasteiger partial charge in [-0.25, -0.2) is 0 Å². The van der Waals surface area contributed by atoms with E-state index in [2.05, 4.69) is 97.9 Å². The van der Waals surface area contributed by atoms with Crippen LogP contribution in [0.2, 0.25) is 5.25 Å². The molecule has 0 amide bonds. The van der Waals surface area contributed by atoms with Crippen molar-refractivity contribution in [2.24, 2.45) is 11.8 Å². The first-order chi connectivity index (χ1) is 12.8. The van der Waals surface area contributed by atoms with E-state index < -0.39 is 13.3 Å². The zero-order chi connectivity index (χ0) is 17.8. The summed E-state index contributed by atoms with van der Waals surface area (Å²) in [6.07, 6.45) is 0. The van der Waals surface area contributed by atoms with Crippen LogP contribution in [0.4, 0.5) is 0 Å². The van der Waals surface area contributed by atoms with Crippen molar-refractivity contribution in [3.63, 3.8) is 0 Å². The topological polar surface area (TPSA) is 9.23 Å². The molecule has 4 rings (SSSR count). The average Bonchev–Trinajstić information content (AvgIpc) is 3.12. The molecule has 3 aromatic carbocycles. The van der Waals surface area contributed by atoms with Crippen LogP contribution in [0.5, 0.6) is 0 Å². The molecule has 0 bridgehead atoms. The Morgan fingerprint density at radius 1 is 0.692 bits per heavy atom. The standard InChI is InChI=1S/C24H26GeO/c1-20-18-26-19-21(20)17-25(22-11-5-2-6-12-22,23-13-7-3-8-14-23)24-15-9-4-10-16-24/h2-16,20-21H,17-19H2,1H3/t20-,21-/m1/s1. The number of ether oxygens (including phenoxy) is 1. The third-order valence-corrected chi connectivity index (χ3v) is 16.6. The van der Waals surface area contributed by atoms with E-state index in [4.69, 9.17) is 4.74 Å². The van der Waals surface area contributed by atoms with Crippen LogP contribution in [-0.2, 0) is 4.74 Å². The second kappa shape index (κ2) is 7.81. The van der Waals surface area contributed by atoms with Crippen molar-refractivity contribution in [2.75, 3.05) is 13.2 Å². The molecule has 2 heteroatoms. The maximum atomic E-state index is 5.85. The van der Waals surface area contributed by atoms with E-state index >= 15 is 0 Å². The molecule has 0 aromatic heterocycles. The van der Waals surface area contributed by atoms with Gasteiger partial charge in [-0.2, -0.15) is 0 Å². The summed E-state index contributed by atoms with van der Waals surface area (Å²) in [4.78, 5) is 0. The van der Waals surface area contributed by atoms with Gasteiger partial charge >= 0.3 is 159 Å². The van der Waals surface area contributed by atoms with Crippen LogP contribution >= 0.6 is 0 Å². The van der Waals surface area contributed by atoms with Crippen LogP contribution in [0.1, 0.15) is 6.92 Å². The molecule has 132 valence electrons. The van der Waals surface area contributed by atoms with E-state index in [0.29, 0.717) is 11.8 Å². The van der Waals surface area contributed by atoms with Crippen LogP contribution in [0.15, 0.2) is 91.0 Å². The van der Waals surface area contributed by atoms with Gasteiger partial charge in [0.05, 0.1) is 0 Å². The number of benzene rings is 3. The Labute approximate surface area is 159 Å². The van der Waals surface area contributed by atoms with Gasteiger partial charge in [-0.1, -0.05) is 0 Å². The van der Waals surface area contributed by atoms with Crippen molar-refractivity contribution in [2.45, 2.75) is 12.2 Å². The first-order valence-corrected chi connectivity index (χ1v) is 14.2. The third kappa shape index (κ3) is 3.26. The van der Waals surface area contributed by atoms with Crippen molar-refractivity contribution in [3.8, 4) is 0 Å². The molecule has 1 fully saturated rings. The monoisotopic (exact) mass is 404 g/mol. The van der Waals surface area contributed by atoms with Gasteiger partial charge in [0, 0.05) is 0 Å². The van der Waals surface area contributed by atoms with E-state index in [9.17, 15) is 0 Å². The van der Waals surface area contributed by atoms with Crippen LogP contribution in [-0.4, -0.2) is 26.5 Å². The second-order valence-electron chi connectivity index (χ2n) is 7.48. The summed E-state index contributed by atoms with van der Waals surface area (Å²) in [5, 5.41) is 1.25. The quantitative estimate of drug-likeness (QED) is 0.594. The molecule has 2 atom stereocenters. The van der Waals surface area contributed by atoms with Crippen molar-refractivity contribution in [3.05, 3.63) is 91.0 Å². The molecular formula is C24H26GeO. The van der Waals surface area contributed by atoms with Crippen molar-refractivity contribution in [1.82, 2.24) is 0 Å². The Kier molecular flexibility index (Phi) is 5.28. The molecule has 3 aromatic rings. The first-order valence-electron chi connectivity index (χ1n) is 9.55. The minimum atomic E-state index is -2.79. The molecule has 1 heterocycles. The Morgan fingerprint density at radius 2 is 1.12 bits per heavy atom. The summed E-state index contributed by atoms with van der Waals surface area (Å²) in [6.45, 7) is 4.16. The van der Waals surface area contributed by atoms with Gasteiger partial charge in [0.15, 0.2) is 0 Å². The molecule has 0 spiro atoms. The summed E-state index contributed by atoms with van der Waals surface area (Å²) in [5.74, 6) is 1.27. The summed E-state index contributed by atoms with van der Waals surface area (Å²) in [7, 11) is 0. The Bertz CT molecular complexity index is 720. The Hall–Kier alpha value is -1.84. The first kappa shape index (κ1) is 17.6. The summed E-state index contributed by atoms with van der Waals surface area (Å²) in [6, 6.07) is 33.8. The summed E-state index contributed by atoms with van der Waals surface area (Å²) in [5.41, 5.74) is 0. The van der Waals surface area contributed by atoms with E-state index in [1.165, 1.54) is 5.25 Å². The van der Waals surface area contributed by atoms with Crippen molar-refractivity contribution < 1.29 is 4.74 Å². The molecule has 1 aliphatic rings. The molecule has 0 radical (unpaired) electrons. The SMILES string of the molecule is C[C@@H]1COC[C@H]1[CH2][Ge]([c]1ccccc1)([c]1ccccc1)[c]1ccccc1. The molecule has 1 saturated heterocycles. The van der Waals surface area contributed by atoms with Gasteiger partial charge in [0.2, 0.25) is 0 Å². The van der Waals surface area contributed by atoms with Gasteiger partial charge in [0.25, 0.3) is 0 Å². The fourth-order valence-electron chi connectivity index (χ4n) is 4.38. The van der Waals surface area contributed by atoms with Gasteiger partial charge in [-0.3, -0.25) is 0 Å². The number of hydrogen-bond acceptors (Lipinski definition) is 1. The molecule has 0 N–H and O–H groups in total. The predicted molar refractivity (Wildman–Crippen MR) is 112 cm³/mol. The van der Waals surface area contributed by atoms with Crippen LogP contribution < -0.4 is 13.2 Å². The fraction of sp³-hybridized carbons (Fsp3) is 0.250. The zero-order valence-electron chi connectivity index (χ0n) is 15.3. The molecule has 0 saturated carbocycles. The molecule has 26 heavy (non-hydrogen) atoms. The molecule has 1 nitrogen and oxygen atoms in total. The molecular weight excluding hydrogens is 377 g/mol. The fourth-order valence-corrected chi connectivity index (χ4v) is 15.5. The van der Waals surface area contributed by atoms with Gasteiger partial charge in [-0.05, 0) is 0 Å². The predicted octanol–water partition coefficient (Wildman–Crippen LogP) is 3.44. The van der Waals surface area contributed by atoms with Gasteiger partial charge in [-0.15, -0.1) is 0 Å². The normalized spacial score (nSPS) is 20.2.